The van der Waals surface area contributed by atoms with Gasteiger partial charge in [0.25, 0.3) is 5.56 Å². The van der Waals surface area contributed by atoms with Crippen molar-refractivity contribution in [3.63, 3.8) is 0 Å². The van der Waals surface area contributed by atoms with E-state index in [1.54, 1.807) is 18.2 Å². The Balaban J connectivity index is 1.93. The highest BCUT2D eigenvalue weighted by atomic mass is 32.1. The second-order valence-electron chi connectivity index (χ2n) is 5.81. The lowest BCUT2D eigenvalue weighted by atomic mass is 10.1. The van der Waals surface area contributed by atoms with Gasteiger partial charge in [-0.1, -0.05) is 18.2 Å². The number of hydrogen-bond acceptors (Lipinski definition) is 4. The summed E-state index contributed by atoms with van der Waals surface area (Å²) in [6.45, 7) is 4.09. The topological polar surface area (TPSA) is 47.8 Å². The fourth-order valence-electron chi connectivity index (χ4n) is 2.92. The molecule has 6 heteroatoms. The zero-order valence-electron chi connectivity index (χ0n) is 13.2. The van der Waals surface area contributed by atoms with Crippen LogP contribution in [0.15, 0.2) is 41.5 Å². The molecule has 3 aromatic heterocycles. The summed E-state index contributed by atoms with van der Waals surface area (Å²) in [6, 6.07) is 8.44. The minimum absolute atomic E-state index is 0.161. The lowest BCUT2D eigenvalue weighted by Crippen LogP contribution is -2.20. The van der Waals surface area contributed by atoms with Gasteiger partial charge in [0.05, 0.1) is 18.4 Å². The van der Waals surface area contributed by atoms with Crippen molar-refractivity contribution < 1.29 is 4.39 Å². The molecule has 3 heterocycles. The maximum absolute atomic E-state index is 13.8. The predicted molar refractivity (Wildman–Crippen MR) is 94.2 cm³/mol. The third-order valence-electron chi connectivity index (χ3n) is 4.04. The molecule has 0 atom stereocenters. The molecule has 24 heavy (non-hydrogen) atoms. The molecule has 0 aliphatic rings. The zero-order chi connectivity index (χ0) is 16.8. The van der Waals surface area contributed by atoms with Gasteiger partial charge in [-0.15, -0.1) is 11.3 Å². The SMILES string of the molecule is Cc1cc(C)c2c(n1)sc1c(=O)n(Cc3ccccc3F)cnc12. The van der Waals surface area contributed by atoms with Crippen LogP contribution in [0.4, 0.5) is 4.39 Å². The number of aryl methyl sites for hydroxylation is 2. The highest BCUT2D eigenvalue weighted by Gasteiger charge is 2.15. The summed E-state index contributed by atoms with van der Waals surface area (Å²) >= 11 is 1.34. The molecular weight excluding hydrogens is 325 g/mol. The molecule has 4 nitrogen and oxygen atoms in total. The first-order chi connectivity index (χ1) is 11.5. The van der Waals surface area contributed by atoms with Crippen molar-refractivity contribution in [1.29, 1.82) is 0 Å². The molecule has 0 saturated carbocycles. The first kappa shape index (κ1) is 15.0. The van der Waals surface area contributed by atoms with Crippen molar-refractivity contribution in [3.8, 4) is 0 Å². The van der Waals surface area contributed by atoms with Crippen LogP contribution >= 0.6 is 11.3 Å². The Morgan fingerprint density at radius 1 is 1.25 bits per heavy atom. The Hall–Kier alpha value is -2.60. The molecule has 120 valence electrons. The molecule has 0 N–H and O–H groups in total. The van der Waals surface area contributed by atoms with Gasteiger partial charge in [-0.2, -0.15) is 0 Å². The Morgan fingerprint density at radius 2 is 2.04 bits per heavy atom. The number of halogens is 1. The first-order valence-electron chi connectivity index (χ1n) is 7.54. The van der Waals surface area contributed by atoms with E-state index >= 15 is 0 Å². The highest BCUT2D eigenvalue weighted by molar-refractivity contribution is 7.25. The maximum atomic E-state index is 13.8. The number of aromatic nitrogens is 3. The second-order valence-corrected chi connectivity index (χ2v) is 6.81. The van der Waals surface area contributed by atoms with Gasteiger partial charge in [0.2, 0.25) is 0 Å². The Labute approximate surface area is 141 Å². The lowest BCUT2D eigenvalue weighted by Gasteiger charge is -2.06. The second kappa shape index (κ2) is 5.49. The van der Waals surface area contributed by atoms with Gasteiger partial charge in [-0.05, 0) is 31.5 Å². The van der Waals surface area contributed by atoms with Crippen molar-refractivity contribution in [1.82, 2.24) is 14.5 Å². The van der Waals surface area contributed by atoms with Crippen LogP contribution in [0.3, 0.4) is 0 Å². The number of hydrogen-bond donors (Lipinski definition) is 0. The largest absolute Gasteiger partial charge is 0.293 e. The average molecular weight is 339 g/mol. The van der Waals surface area contributed by atoms with Crippen LogP contribution in [-0.2, 0) is 6.54 Å². The fraction of sp³-hybridized carbons (Fsp3) is 0.167. The van der Waals surface area contributed by atoms with Crippen LogP contribution in [-0.4, -0.2) is 14.5 Å². The molecule has 0 spiro atoms. The summed E-state index contributed by atoms with van der Waals surface area (Å²) < 4.78 is 15.8. The number of thiophene rings is 1. The van der Waals surface area contributed by atoms with E-state index in [0.29, 0.717) is 15.8 Å². The number of benzene rings is 1. The van der Waals surface area contributed by atoms with Crippen LogP contribution in [0.5, 0.6) is 0 Å². The third kappa shape index (κ3) is 2.30. The first-order valence-corrected chi connectivity index (χ1v) is 8.35. The van der Waals surface area contributed by atoms with E-state index in [4.69, 9.17) is 0 Å². The van der Waals surface area contributed by atoms with Crippen LogP contribution < -0.4 is 5.56 Å². The van der Waals surface area contributed by atoms with Gasteiger partial charge in [0, 0.05) is 16.6 Å². The molecule has 0 amide bonds. The van der Waals surface area contributed by atoms with Crippen molar-refractivity contribution in [2.45, 2.75) is 20.4 Å². The van der Waals surface area contributed by atoms with Gasteiger partial charge >= 0.3 is 0 Å². The van der Waals surface area contributed by atoms with Crippen molar-refractivity contribution in [2.75, 3.05) is 0 Å². The van der Waals surface area contributed by atoms with Crippen molar-refractivity contribution in [2.24, 2.45) is 0 Å². The van der Waals surface area contributed by atoms with Crippen LogP contribution in [0.2, 0.25) is 0 Å². The van der Waals surface area contributed by atoms with E-state index < -0.39 is 0 Å². The number of fused-ring (bicyclic) bond motifs is 3. The smallest absolute Gasteiger partial charge is 0.271 e. The molecule has 0 radical (unpaired) electrons. The molecule has 4 rings (SSSR count). The summed E-state index contributed by atoms with van der Waals surface area (Å²) in [5.41, 5.74) is 2.95. The number of nitrogens with zero attached hydrogens (tertiary/aromatic N) is 3. The molecule has 0 bridgehead atoms. The Kier molecular flexibility index (Phi) is 3.42. The van der Waals surface area contributed by atoms with Gasteiger partial charge in [-0.25, -0.2) is 14.4 Å². The van der Waals surface area contributed by atoms with Crippen molar-refractivity contribution >= 4 is 31.8 Å². The van der Waals surface area contributed by atoms with E-state index in [2.05, 4.69) is 9.97 Å². The molecule has 0 unspecified atom stereocenters. The highest BCUT2D eigenvalue weighted by Crippen LogP contribution is 2.31. The summed E-state index contributed by atoms with van der Waals surface area (Å²) in [6.07, 6.45) is 1.49. The minimum Gasteiger partial charge on any atom is -0.293 e. The van der Waals surface area contributed by atoms with E-state index in [-0.39, 0.29) is 17.9 Å². The van der Waals surface area contributed by atoms with Crippen LogP contribution in [0.1, 0.15) is 16.8 Å². The summed E-state index contributed by atoms with van der Waals surface area (Å²) in [5.74, 6) is -0.325. The number of pyridine rings is 1. The molecular formula is C18H14FN3OS. The van der Waals surface area contributed by atoms with Gasteiger partial charge in [0.1, 0.15) is 15.3 Å². The number of rotatable bonds is 2. The van der Waals surface area contributed by atoms with Crippen LogP contribution in [0, 0.1) is 19.7 Å². The average Bonchev–Trinajstić information content (AvgIpc) is 2.91. The third-order valence-corrected chi connectivity index (χ3v) is 5.10. The van der Waals surface area contributed by atoms with E-state index in [1.807, 2.05) is 19.9 Å². The monoisotopic (exact) mass is 339 g/mol. The Morgan fingerprint density at radius 3 is 2.83 bits per heavy atom. The lowest BCUT2D eigenvalue weighted by molar-refractivity contribution is 0.595. The van der Waals surface area contributed by atoms with E-state index in [0.717, 1.165) is 21.5 Å². The predicted octanol–water partition coefficient (Wildman–Crippen LogP) is 3.81. The van der Waals surface area contributed by atoms with Gasteiger partial charge < -0.3 is 0 Å². The molecule has 1 aromatic carbocycles. The quantitative estimate of drug-likeness (QED) is 0.558. The fourth-order valence-corrected chi connectivity index (χ4v) is 4.12. The minimum atomic E-state index is -0.325. The normalized spacial score (nSPS) is 11.5. The van der Waals surface area contributed by atoms with Gasteiger partial charge in [-0.3, -0.25) is 9.36 Å². The molecule has 0 aliphatic carbocycles. The van der Waals surface area contributed by atoms with Crippen LogP contribution in [0.25, 0.3) is 20.4 Å². The van der Waals surface area contributed by atoms with E-state index in [9.17, 15) is 9.18 Å². The summed E-state index contributed by atoms with van der Waals surface area (Å²) in [7, 11) is 0. The molecule has 0 aliphatic heterocycles. The van der Waals surface area contributed by atoms with E-state index in [1.165, 1.54) is 28.3 Å². The summed E-state index contributed by atoms with van der Waals surface area (Å²) in [4.78, 5) is 22.6. The van der Waals surface area contributed by atoms with Gasteiger partial charge in [0.15, 0.2) is 0 Å². The zero-order valence-corrected chi connectivity index (χ0v) is 14.0. The molecule has 4 aromatic rings. The van der Waals surface area contributed by atoms with Crippen molar-refractivity contribution in [3.05, 3.63) is 69.7 Å². The summed E-state index contributed by atoms with van der Waals surface area (Å²) in [5, 5.41) is 0.927. The Bertz CT molecular complexity index is 1150. The molecule has 0 fully saturated rings. The maximum Gasteiger partial charge on any atom is 0.271 e. The molecule has 0 saturated heterocycles. The standard InChI is InChI=1S/C18H14FN3OS/c1-10-7-11(2)21-17-14(10)15-16(24-17)18(23)22(9-20-15)8-12-5-3-4-6-13(12)19/h3-7,9H,8H2,1-2H3.